The van der Waals surface area contributed by atoms with Gasteiger partial charge >= 0.3 is 0 Å². The Morgan fingerprint density at radius 1 is 1.05 bits per heavy atom. The summed E-state index contributed by atoms with van der Waals surface area (Å²) in [6.45, 7) is 2.83. The Bertz CT molecular complexity index is 550. The molecule has 2 rings (SSSR count). The second-order valence-corrected chi connectivity index (χ2v) is 5.52. The number of nitrogens with zero attached hydrogens (tertiary/aromatic N) is 1. The van der Waals surface area contributed by atoms with Crippen molar-refractivity contribution in [1.29, 1.82) is 0 Å². The fourth-order valence-corrected chi connectivity index (χ4v) is 2.55. The normalized spacial score (nSPS) is 12.4. The monoisotopic (exact) mass is 294 g/mol. The molecule has 0 saturated carbocycles. The van der Waals surface area contributed by atoms with E-state index < -0.39 is 0 Å². The van der Waals surface area contributed by atoms with Crippen LogP contribution < -0.4 is 5.73 Å². The maximum atomic E-state index is 6.03. The van der Waals surface area contributed by atoms with Crippen molar-refractivity contribution in [2.75, 3.05) is 6.54 Å². The minimum atomic E-state index is 0.395. The van der Waals surface area contributed by atoms with Gasteiger partial charge in [0.15, 0.2) is 0 Å². The molecule has 0 aliphatic heterocycles. The Hall–Kier alpha value is -1.09. The highest BCUT2D eigenvalue weighted by Crippen LogP contribution is 2.29. The zero-order valence-corrected chi connectivity index (χ0v) is 12.2. The third kappa shape index (κ3) is 3.69. The summed E-state index contributed by atoms with van der Waals surface area (Å²) < 4.78 is 0. The fraction of sp³-hybridized carbons (Fsp3) is 0.267. The first-order valence-electron chi connectivity index (χ1n) is 6.21. The molecular weight excluding hydrogens is 279 g/mol. The molecule has 19 heavy (non-hydrogen) atoms. The van der Waals surface area contributed by atoms with Gasteiger partial charge in [0.2, 0.25) is 0 Å². The number of nitrogens with two attached hydrogens (primary N) is 1. The third-order valence-corrected chi connectivity index (χ3v) is 3.56. The average molecular weight is 295 g/mol. The van der Waals surface area contributed by atoms with Crippen LogP contribution in [0.25, 0.3) is 11.1 Å². The summed E-state index contributed by atoms with van der Waals surface area (Å²) in [6, 6.07) is 7.62. The molecule has 0 aliphatic rings. The second kappa shape index (κ2) is 6.38. The average Bonchev–Trinajstić information content (AvgIpc) is 2.38. The highest BCUT2D eigenvalue weighted by atomic mass is 35.5. The summed E-state index contributed by atoms with van der Waals surface area (Å²) in [5.41, 5.74) is 8.78. The van der Waals surface area contributed by atoms with E-state index in [1.807, 2.05) is 24.5 Å². The van der Waals surface area contributed by atoms with Crippen molar-refractivity contribution in [2.45, 2.75) is 19.3 Å². The van der Waals surface area contributed by atoms with Crippen LogP contribution in [0, 0.1) is 0 Å². The lowest BCUT2D eigenvalue weighted by Crippen LogP contribution is -2.04. The lowest BCUT2D eigenvalue weighted by atomic mass is 9.96. The largest absolute Gasteiger partial charge is 0.330 e. The van der Waals surface area contributed by atoms with Gasteiger partial charge in [-0.25, -0.2) is 0 Å². The SMILES string of the molecule is CC(CCN)c1cncc(-c2cc(Cl)cc(Cl)c2)c1. The summed E-state index contributed by atoms with van der Waals surface area (Å²) in [4.78, 5) is 4.30. The molecular formula is C15H16Cl2N2. The molecule has 0 fully saturated rings. The predicted molar refractivity (Wildman–Crippen MR) is 81.8 cm³/mol. The Morgan fingerprint density at radius 3 is 2.37 bits per heavy atom. The Morgan fingerprint density at radius 2 is 1.74 bits per heavy atom. The van der Waals surface area contributed by atoms with Crippen LogP contribution in [0.2, 0.25) is 10.0 Å². The highest BCUT2D eigenvalue weighted by Gasteiger charge is 2.08. The summed E-state index contributed by atoms with van der Waals surface area (Å²) in [5, 5.41) is 1.26. The van der Waals surface area contributed by atoms with Crippen LogP contribution in [0.3, 0.4) is 0 Å². The van der Waals surface area contributed by atoms with Crippen LogP contribution in [-0.4, -0.2) is 11.5 Å². The standard InChI is InChI=1S/C15H16Cl2N2/c1-10(2-3-18)12-4-13(9-19-8-12)11-5-14(16)7-15(17)6-11/h4-10H,2-3,18H2,1H3. The molecule has 2 N–H and O–H groups in total. The van der Waals surface area contributed by atoms with E-state index in [0.29, 0.717) is 22.5 Å². The summed E-state index contributed by atoms with van der Waals surface area (Å²) in [5.74, 6) is 0.395. The topological polar surface area (TPSA) is 38.9 Å². The van der Waals surface area contributed by atoms with Crippen LogP contribution in [0.1, 0.15) is 24.8 Å². The van der Waals surface area contributed by atoms with Gasteiger partial charge in [-0.05, 0) is 54.3 Å². The number of pyridine rings is 1. The molecule has 1 unspecified atom stereocenters. The molecule has 0 amide bonds. The molecule has 0 radical (unpaired) electrons. The van der Waals surface area contributed by atoms with Gasteiger partial charge < -0.3 is 5.73 Å². The molecule has 0 saturated heterocycles. The van der Waals surface area contributed by atoms with Crippen molar-refractivity contribution < 1.29 is 0 Å². The molecule has 2 aromatic rings. The van der Waals surface area contributed by atoms with Crippen LogP contribution in [0.15, 0.2) is 36.7 Å². The number of aromatic nitrogens is 1. The van der Waals surface area contributed by atoms with Crippen molar-refractivity contribution in [3.63, 3.8) is 0 Å². The molecule has 1 aromatic carbocycles. The minimum Gasteiger partial charge on any atom is -0.330 e. The van der Waals surface area contributed by atoms with Crippen molar-refractivity contribution in [3.05, 3.63) is 52.3 Å². The second-order valence-electron chi connectivity index (χ2n) is 4.64. The molecule has 1 heterocycles. The first kappa shape index (κ1) is 14.3. The highest BCUT2D eigenvalue weighted by molar-refractivity contribution is 6.35. The summed E-state index contributed by atoms with van der Waals surface area (Å²) >= 11 is 12.1. The van der Waals surface area contributed by atoms with Crippen molar-refractivity contribution >= 4 is 23.2 Å². The number of rotatable bonds is 4. The van der Waals surface area contributed by atoms with Crippen LogP contribution >= 0.6 is 23.2 Å². The first-order valence-corrected chi connectivity index (χ1v) is 6.97. The summed E-state index contributed by atoms with van der Waals surface area (Å²) in [7, 11) is 0. The molecule has 0 aliphatic carbocycles. The van der Waals surface area contributed by atoms with Gasteiger partial charge in [0.05, 0.1) is 0 Å². The molecule has 4 heteroatoms. The van der Waals surface area contributed by atoms with Gasteiger partial charge in [-0.2, -0.15) is 0 Å². The first-order chi connectivity index (χ1) is 9.10. The van der Waals surface area contributed by atoms with Gasteiger partial charge in [0.25, 0.3) is 0 Å². The Kier molecular flexibility index (Phi) is 4.81. The van der Waals surface area contributed by atoms with Gasteiger partial charge in [-0.3, -0.25) is 4.98 Å². The molecule has 1 atom stereocenters. The van der Waals surface area contributed by atoms with Gasteiger partial charge in [0, 0.05) is 28.0 Å². The third-order valence-electron chi connectivity index (χ3n) is 3.12. The van der Waals surface area contributed by atoms with E-state index in [1.54, 1.807) is 6.07 Å². The van der Waals surface area contributed by atoms with E-state index in [-0.39, 0.29) is 0 Å². The van der Waals surface area contributed by atoms with E-state index in [2.05, 4.69) is 18.0 Å². The molecule has 100 valence electrons. The molecule has 2 nitrogen and oxygen atoms in total. The van der Waals surface area contributed by atoms with E-state index in [9.17, 15) is 0 Å². The van der Waals surface area contributed by atoms with Crippen LogP contribution in [-0.2, 0) is 0 Å². The predicted octanol–water partition coefficient (Wildman–Crippen LogP) is 4.51. The Labute approximate surface area is 123 Å². The zero-order valence-electron chi connectivity index (χ0n) is 10.7. The van der Waals surface area contributed by atoms with Gasteiger partial charge in [0.1, 0.15) is 0 Å². The maximum Gasteiger partial charge on any atom is 0.0426 e. The van der Waals surface area contributed by atoms with E-state index in [4.69, 9.17) is 28.9 Å². The lowest BCUT2D eigenvalue weighted by molar-refractivity contribution is 0.687. The number of halogens is 2. The quantitative estimate of drug-likeness (QED) is 0.901. The lowest BCUT2D eigenvalue weighted by Gasteiger charge is -2.11. The number of benzene rings is 1. The minimum absolute atomic E-state index is 0.395. The van der Waals surface area contributed by atoms with E-state index in [1.165, 1.54) is 5.56 Å². The van der Waals surface area contributed by atoms with E-state index in [0.717, 1.165) is 17.5 Å². The summed E-state index contributed by atoms with van der Waals surface area (Å²) in [6.07, 6.45) is 4.65. The van der Waals surface area contributed by atoms with Gasteiger partial charge in [-0.15, -0.1) is 0 Å². The van der Waals surface area contributed by atoms with Crippen molar-refractivity contribution in [3.8, 4) is 11.1 Å². The van der Waals surface area contributed by atoms with E-state index >= 15 is 0 Å². The zero-order chi connectivity index (χ0) is 13.8. The van der Waals surface area contributed by atoms with Crippen molar-refractivity contribution in [1.82, 2.24) is 4.98 Å². The smallest absolute Gasteiger partial charge is 0.0426 e. The molecule has 1 aromatic heterocycles. The maximum absolute atomic E-state index is 6.03. The number of hydrogen-bond donors (Lipinski definition) is 1. The Balaban J connectivity index is 2.37. The van der Waals surface area contributed by atoms with Gasteiger partial charge in [-0.1, -0.05) is 30.1 Å². The van der Waals surface area contributed by atoms with Crippen molar-refractivity contribution in [2.24, 2.45) is 5.73 Å². The van der Waals surface area contributed by atoms with Crippen LogP contribution in [0.4, 0.5) is 0 Å². The van der Waals surface area contributed by atoms with Crippen LogP contribution in [0.5, 0.6) is 0 Å². The number of hydrogen-bond acceptors (Lipinski definition) is 2. The molecule has 0 bridgehead atoms. The fourth-order valence-electron chi connectivity index (χ4n) is 2.02. The molecule has 0 spiro atoms.